The van der Waals surface area contributed by atoms with E-state index < -0.39 is 11.6 Å². The lowest BCUT2D eigenvalue weighted by Crippen LogP contribution is -2.18. The summed E-state index contributed by atoms with van der Waals surface area (Å²) in [4.78, 5) is 0. The lowest BCUT2D eigenvalue weighted by Gasteiger charge is -2.14. The second-order valence-corrected chi connectivity index (χ2v) is 4.44. The monoisotopic (exact) mass is 263 g/mol. The number of phenols is 1. The molecule has 0 aliphatic carbocycles. The molecule has 100 valence electrons. The Bertz CT molecular complexity index is 555. The standard InChI is InChI=1S/C15H15F2NO/c1-10(12-3-5-13(19)6-4-12)18-9-11-2-7-14(16)15(17)8-11/h2-8,10,18-19H,9H2,1H3. The Kier molecular flexibility index (Phi) is 4.12. The van der Waals surface area contributed by atoms with Crippen LogP contribution < -0.4 is 5.32 Å². The molecule has 4 heteroatoms. The van der Waals surface area contributed by atoms with E-state index in [1.807, 2.05) is 19.1 Å². The number of benzene rings is 2. The van der Waals surface area contributed by atoms with Crippen LogP contribution >= 0.6 is 0 Å². The van der Waals surface area contributed by atoms with Crippen molar-refractivity contribution in [2.45, 2.75) is 19.5 Å². The maximum atomic E-state index is 13.0. The van der Waals surface area contributed by atoms with Gasteiger partial charge in [-0.3, -0.25) is 0 Å². The molecule has 1 unspecified atom stereocenters. The Hall–Kier alpha value is -1.94. The summed E-state index contributed by atoms with van der Waals surface area (Å²) in [5, 5.41) is 12.4. The van der Waals surface area contributed by atoms with Gasteiger partial charge in [-0.25, -0.2) is 8.78 Å². The van der Waals surface area contributed by atoms with Gasteiger partial charge in [0.15, 0.2) is 11.6 Å². The Morgan fingerprint density at radius 3 is 2.37 bits per heavy atom. The third-order valence-corrected chi connectivity index (χ3v) is 2.99. The molecule has 0 saturated heterocycles. The van der Waals surface area contributed by atoms with Crippen LogP contribution in [0, 0.1) is 11.6 Å². The molecular formula is C15H15F2NO. The van der Waals surface area contributed by atoms with Crippen LogP contribution in [0.15, 0.2) is 42.5 Å². The molecule has 19 heavy (non-hydrogen) atoms. The fourth-order valence-electron chi connectivity index (χ4n) is 1.80. The minimum absolute atomic E-state index is 0.0497. The maximum absolute atomic E-state index is 13.0. The van der Waals surface area contributed by atoms with Crippen LogP contribution in [-0.2, 0) is 6.54 Å². The number of rotatable bonds is 4. The maximum Gasteiger partial charge on any atom is 0.159 e. The fourth-order valence-corrected chi connectivity index (χ4v) is 1.80. The van der Waals surface area contributed by atoms with Gasteiger partial charge in [0.25, 0.3) is 0 Å². The molecule has 0 spiro atoms. The van der Waals surface area contributed by atoms with Gasteiger partial charge in [-0.2, -0.15) is 0 Å². The fraction of sp³-hybridized carbons (Fsp3) is 0.200. The van der Waals surface area contributed by atoms with Gasteiger partial charge >= 0.3 is 0 Å². The van der Waals surface area contributed by atoms with E-state index in [2.05, 4.69) is 5.32 Å². The first-order chi connectivity index (χ1) is 9.06. The smallest absolute Gasteiger partial charge is 0.159 e. The quantitative estimate of drug-likeness (QED) is 0.884. The molecule has 2 nitrogen and oxygen atoms in total. The van der Waals surface area contributed by atoms with Crippen molar-refractivity contribution in [3.63, 3.8) is 0 Å². The normalized spacial score (nSPS) is 12.4. The summed E-state index contributed by atoms with van der Waals surface area (Å²) in [5.41, 5.74) is 1.70. The van der Waals surface area contributed by atoms with Gasteiger partial charge in [-0.15, -0.1) is 0 Å². The molecule has 2 N–H and O–H groups in total. The van der Waals surface area contributed by atoms with Crippen molar-refractivity contribution >= 4 is 0 Å². The zero-order chi connectivity index (χ0) is 13.8. The molecule has 2 rings (SSSR count). The number of nitrogens with one attached hydrogen (secondary N) is 1. The van der Waals surface area contributed by atoms with Crippen LogP contribution in [-0.4, -0.2) is 5.11 Å². The highest BCUT2D eigenvalue weighted by molar-refractivity contribution is 5.28. The molecular weight excluding hydrogens is 248 g/mol. The number of aromatic hydroxyl groups is 1. The Labute approximate surface area is 110 Å². The Balaban J connectivity index is 1.98. The molecule has 0 fully saturated rings. The van der Waals surface area contributed by atoms with E-state index in [0.717, 1.165) is 11.6 Å². The highest BCUT2D eigenvalue weighted by atomic mass is 19.2. The van der Waals surface area contributed by atoms with Gasteiger partial charge in [0.05, 0.1) is 0 Å². The summed E-state index contributed by atoms with van der Waals surface area (Å²) >= 11 is 0. The minimum Gasteiger partial charge on any atom is -0.508 e. The van der Waals surface area contributed by atoms with Crippen LogP contribution in [0.3, 0.4) is 0 Å². The second kappa shape index (κ2) is 5.80. The average molecular weight is 263 g/mol. The first-order valence-corrected chi connectivity index (χ1v) is 6.02. The lowest BCUT2D eigenvalue weighted by atomic mass is 10.1. The first-order valence-electron chi connectivity index (χ1n) is 6.02. The van der Waals surface area contributed by atoms with Crippen molar-refractivity contribution in [3.8, 4) is 5.75 Å². The van der Waals surface area contributed by atoms with Crippen LogP contribution in [0.5, 0.6) is 5.75 Å². The molecule has 0 aromatic heterocycles. The lowest BCUT2D eigenvalue weighted by molar-refractivity contribution is 0.474. The van der Waals surface area contributed by atoms with Crippen molar-refractivity contribution in [2.75, 3.05) is 0 Å². The van der Waals surface area contributed by atoms with Gasteiger partial charge in [0.2, 0.25) is 0 Å². The van der Waals surface area contributed by atoms with Crippen LogP contribution in [0.2, 0.25) is 0 Å². The van der Waals surface area contributed by atoms with Gasteiger partial charge in [0.1, 0.15) is 5.75 Å². The summed E-state index contributed by atoms with van der Waals surface area (Å²) in [5.74, 6) is -1.46. The number of hydrogen-bond donors (Lipinski definition) is 2. The molecule has 0 radical (unpaired) electrons. The van der Waals surface area contributed by atoms with Crippen LogP contribution in [0.4, 0.5) is 8.78 Å². The van der Waals surface area contributed by atoms with E-state index in [-0.39, 0.29) is 11.8 Å². The second-order valence-electron chi connectivity index (χ2n) is 4.44. The molecule has 0 saturated carbocycles. The van der Waals surface area contributed by atoms with Gasteiger partial charge in [-0.05, 0) is 42.3 Å². The van der Waals surface area contributed by atoms with E-state index in [1.165, 1.54) is 6.07 Å². The molecule has 0 amide bonds. The molecule has 0 bridgehead atoms. The van der Waals surface area contributed by atoms with Gasteiger partial charge < -0.3 is 10.4 Å². The summed E-state index contributed by atoms with van der Waals surface area (Å²) < 4.78 is 25.8. The SMILES string of the molecule is CC(NCc1ccc(F)c(F)c1)c1ccc(O)cc1. The van der Waals surface area contributed by atoms with Crippen molar-refractivity contribution in [3.05, 3.63) is 65.2 Å². The van der Waals surface area contributed by atoms with E-state index in [9.17, 15) is 13.9 Å². The summed E-state index contributed by atoms with van der Waals surface area (Å²) in [6, 6.07) is 10.8. The predicted octanol–water partition coefficient (Wildman–Crippen LogP) is 3.52. The zero-order valence-corrected chi connectivity index (χ0v) is 10.5. The van der Waals surface area contributed by atoms with E-state index in [0.29, 0.717) is 12.1 Å². The molecule has 0 aliphatic heterocycles. The predicted molar refractivity (Wildman–Crippen MR) is 69.7 cm³/mol. The Morgan fingerprint density at radius 2 is 1.74 bits per heavy atom. The number of phenolic OH excluding ortho intramolecular Hbond substituents is 1. The van der Waals surface area contributed by atoms with Gasteiger partial charge in [0, 0.05) is 12.6 Å². The van der Waals surface area contributed by atoms with Crippen LogP contribution in [0.25, 0.3) is 0 Å². The Morgan fingerprint density at radius 1 is 1.05 bits per heavy atom. The molecule has 2 aromatic rings. The molecule has 2 aromatic carbocycles. The summed E-state index contributed by atoms with van der Waals surface area (Å²) in [6.45, 7) is 2.41. The zero-order valence-electron chi connectivity index (χ0n) is 10.5. The average Bonchev–Trinajstić information content (AvgIpc) is 2.40. The largest absolute Gasteiger partial charge is 0.508 e. The summed E-state index contributed by atoms with van der Waals surface area (Å²) in [7, 11) is 0. The highest BCUT2D eigenvalue weighted by Crippen LogP contribution is 2.17. The van der Waals surface area contributed by atoms with E-state index in [1.54, 1.807) is 18.2 Å². The minimum atomic E-state index is -0.838. The molecule has 0 aliphatic rings. The topological polar surface area (TPSA) is 32.3 Å². The van der Waals surface area contributed by atoms with Crippen LogP contribution in [0.1, 0.15) is 24.1 Å². The van der Waals surface area contributed by atoms with Crippen molar-refractivity contribution in [1.82, 2.24) is 5.32 Å². The number of halogens is 2. The first kappa shape index (κ1) is 13.5. The van der Waals surface area contributed by atoms with Crippen molar-refractivity contribution in [2.24, 2.45) is 0 Å². The third-order valence-electron chi connectivity index (χ3n) is 2.99. The molecule has 1 atom stereocenters. The van der Waals surface area contributed by atoms with Crippen molar-refractivity contribution < 1.29 is 13.9 Å². The van der Waals surface area contributed by atoms with Crippen molar-refractivity contribution in [1.29, 1.82) is 0 Å². The third kappa shape index (κ3) is 3.51. The van der Waals surface area contributed by atoms with Gasteiger partial charge in [-0.1, -0.05) is 18.2 Å². The van der Waals surface area contributed by atoms with E-state index >= 15 is 0 Å². The summed E-state index contributed by atoms with van der Waals surface area (Å²) in [6.07, 6.45) is 0. The molecule has 0 heterocycles. The van der Waals surface area contributed by atoms with E-state index in [4.69, 9.17) is 0 Å². The highest BCUT2D eigenvalue weighted by Gasteiger charge is 2.06. The number of hydrogen-bond acceptors (Lipinski definition) is 2.